The van der Waals surface area contributed by atoms with E-state index in [1.54, 1.807) is 6.20 Å². The summed E-state index contributed by atoms with van der Waals surface area (Å²) in [6.45, 7) is 6.74. The Morgan fingerprint density at radius 2 is 1.94 bits per heavy atom. The first-order valence-electron chi connectivity index (χ1n) is 13.5. The summed E-state index contributed by atoms with van der Waals surface area (Å²) in [6, 6.07) is 9.80. The molecule has 3 fully saturated rings. The quantitative estimate of drug-likeness (QED) is 0.584. The van der Waals surface area contributed by atoms with Gasteiger partial charge in [-0.25, -0.2) is 4.98 Å². The maximum atomic E-state index is 10.7. The summed E-state index contributed by atoms with van der Waals surface area (Å²) in [5, 5.41) is 18.9. The summed E-state index contributed by atoms with van der Waals surface area (Å²) in [4.78, 5) is 14.9. The number of morpholine rings is 1. The maximum Gasteiger partial charge on any atom is 0.130 e. The van der Waals surface area contributed by atoms with Gasteiger partial charge < -0.3 is 14.5 Å². The van der Waals surface area contributed by atoms with Gasteiger partial charge in [-0.1, -0.05) is 6.42 Å². The lowest BCUT2D eigenvalue weighted by atomic mass is 9.68. The van der Waals surface area contributed by atoms with Crippen molar-refractivity contribution in [3.05, 3.63) is 36.2 Å². The fourth-order valence-electron chi connectivity index (χ4n) is 6.52. The van der Waals surface area contributed by atoms with Gasteiger partial charge in [-0.3, -0.25) is 10.1 Å². The average Bonchev–Trinajstić information content (AvgIpc) is 3.48. The van der Waals surface area contributed by atoms with E-state index in [0.717, 1.165) is 65.9 Å². The fraction of sp³-hybridized carbons (Fsp3) is 0.571. The molecule has 8 nitrogen and oxygen atoms in total. The number of rotatable bonds is 4. The highest BCUT2D eigenvalue weighted by atomic mass is 16.5. The van der Waals surface area contributed by atoms with Crippen LogP contribution in [0.4, 0.5) is 5.82 Å². The lowest BCUT2D eigenvalue weighted by Crippen LogP contribution is -2.45. The van der Waals surface area contributed by atoms with Crippen molar-refractivity contribution in [1.29, 1.82) is 5.26 Å². The Hall–Kier alpha value is -3.02. The summed E-state index contributed by atoms with van der Waals surface area (Å²) in [7, 11) is 0. The molecule has 2 aliphatic heterocycles. The third kappa shape index (κ3) is 4.14. The molecule has 1 N–H and O–H groups in total. The molecule has 0 spiro atoms. The molecular formula is C28H35N7O. The van der Waals surface area contributed by atoms with E-state index >= 15 is 0 Å². The lowest BCUT2D eigenvalue weighted by molar-refractivity contribution is 0.0985. The molecule has 0 unspecified atom stereocenters. The van der Waals surface area contributed by atoms with Gasteiger partial charge in [-0.15, -0.1) is 0 Å². The van der Waals surface area contributed by atoms with Crippen LogP contribution in [0.2, 0.25) is 0 Å². The minimum atomic E-state index is -0.523. The van der Waals surface area contributed by atoms with E-state index in [4.69, 9.17) is 14.7 Å². The van der Waals surface area contributed by atoms with Gasteiger partial charge in [0.1, 0.15) is 17.0 Å². The molecule has 36 heavy (non-hydrogen) atoms. The molecule has 0 bridgehead atoms. The highest BCUT2D eigenvalue weighted by Crippen LogP contribution is 2.45. The van der Waals surface area contributed by atoms with Crippen LogP contribution in [-0.4, -0.2) is 70.0 Å². The first-order valence-corrected chi connectivity index (χ1v) is 13.5. The van der Waals surface area contributed by atoms with Crippen LogP contribution in [0, 0.1) is 11.3 Å². The number of hydrogen-bond donors (Lipinski definition) is 1. The zero-order valence-electron chi connectivity index (χ0n) is 21.1. The zero-order chi connectivity index (χ0) is 24.5. The molecule has 3 aromatic rings. The summed E-state index contributed by atoms with van der Waals surface area (Å²) >= 11 is 0. The number of hydrogen-bond acceptors (Lipinski definition) is 7. The molecule has 188 valence electrons. The lowest BCUT2D eigenvalue weighted by Gasteiger charge is -2.42. The number of aromatic nitrogens is 4. The van der Waals surface area contributed by atoms with Crippen LogP contribution >= 0.6 is 0 Å². The summed E-state index contributed by atoms with van der Waals surface area (Å²) < 4.78 is 5.71. The Labute approximate surface area is 212 Å². The molecule has 0 aromatic carbocycles. The largest absolute Gasteiger partial charge is 0.377 e. The van der Waals surface area contributed by atoms with Crippen LogP contribution < -0.4 is 4.90 Å². The number of fused-ring (bicyclic) bond motifs is 1. The van der Waals surface area contributed by atoms with Gasteiger partial charge in [0.05, 0.1) is 36.4 Å². The Morgan fingerprint density at radius 3 is 2.67 bits per heavy atom. The van der Waals surface area contributed by atoms with Crippen LogP contribution in [0.1, 0.15) is 57.4 Å². The standard InChI is InChI=1S/C28H35N7O/c1-20-18-36-16-15-35(20)25-17-23(22-7-11-30-27(26(22)32-25)24-8-12-31-33-24)28(19-29)9-5-21(6-10-28)34-13-3-2-4-14-34/h7-8,11-12,17,20-21H,2-6,9-10,13-16,18H2,1H3,(H,31,33)/t20-,21?,28?/m1/s1. The van der Waals surface area contributed by atoms with Crippen molar-refractivity contribution in [2.75, 3.05) is 37.7 Å². The molecular weight excluding hydrogens is 450 g/mol. The van der Waals surface area contributed by atoms with Crippen LogP contribution in [0.5, 0.6) is 0 Å². The van der Waals surface area contributed by atoms with Gasteiger partial charge in [0.2, 0.25) is 0 Å². The molecule has 1 saturated carbocycles. The molecule has 1 aliphatic carbocycles. The molecule has 6 rings (SSSR count). The van der Waals surface area contributed by atoms with Gasteiger partial charge in [-0.05, 0) is 82.3 Å². The third-order valence-electron chi connectivity index (χ3n) is 8.58. The number of nitrogens with zero attached hydrogens (tertiary/aromatic N) is 6. The SMILES string of the molecule is C[C@@H]1COCCN1c1cc(C2(C#N)CCC(N3CCCCC3)CC2)c2ccnc(-c3ccn[nH]3)c2n1. The summed E-state index contributed by atoms with van der Waals surface area (Å²) in [5.41, 5.74) is 3.03. The van der Waals surface area contributed by atoms with Crippen LogP contribution in [0.15, 0.2) is 30.6 Å². The Balaban J connectivity index is 1.45. The predicted octanol–water partition coefficient (Wildman–Crippen LogP) is 4.43. The smallest absolute Gasteiger partial charge is 0.130 e. The normalized spacial score (nSPS) is 27.7. The van der Waals surface area contributed by atoms with Crippen LogP contribution in [-0.2, 0) is 10.2 Å². The number of nitriles is 1. The van der Waals surface area contributed by atoms with E-state index in [1.165, 1.54) is 32.4 Å². The second-order valence-corrected chi connectivity index (χ2v) is 10.7. The van der Waals surface area contributed by atoms with E-state index in [2.05, 4.69) is 39.1 Å². The van der Waals surface area contributed by atoms with E-state index in [9.17, 15) is 5.26 Å². The average molecular weight is 486 g/mol. The third-order valence-corrected chi connectivity index (χ3v) is 8.58. The van der Waals surface area contributed by atoms with Crippen molar-refractivity contribution in [3.8, 4) is 17.5 Å². The Kier molecular flexibility index (Phi) is 6.36. The first-order chi connectivity index (χ1) is 17.7. The van der Waals surface area contributed by atoms with E-state index in [1.807, 2.05) is 18.3 Å². The van der Waals surface area contributed by atoms with Gasteiger partial charge in [0.25, 0.3) is 0 Å². The minimum Gasteiger partial charge on any atom is -0.377 e. The fourth-order valence-corrected chi connectivity index (χ4v) is 6.52. The van der Waals surface area contributed by atoms with Crippen molar-refractivity contribution in [2.24, 2.45) is 0 Å². The monoisotopic (exact) mass is 485 g/mol. The van der Waals surface area contributed by atoms with Crippen molar-refractivity contribution >= 4 is 16.7 Å². The number of likely N-dealkylation sites (tertiary alicyclic amines) is 1. The summed E-state index contributed by atoms with van der Waals surface area (Å²) in [5.74, 6) is 0.912. The molecule has 0 radical (unpaired) electrons. The highest BCUT2D eigenvalue weighted by molar-refractivity contribution is 5.94. The highest BCUT2D eigenvalue weighted by Gasteiger charge is 2.41. The number of nitrogens with one attached hydrogen (secondary N) is 1. The van der Waals surface area contributed by atoms with E-state index in [-0.39, 0.29) is 6.04 Å². The Morgan fingerprint density at radius 1 is 1.11 bits per heavy atom. The molecule has 2 saturated heterocycles. The topological polar surface area (TPSA) is 94.0 Å². The number of piperidine rings is 1. The molecule has 3 aromatic heterocycles. The van der Waals surface area contributed by atoms with Crippen molar-refractivity contribution in [3.63, 3.8) is 0 Å². The van der Waals surface area contributed by atoms with Crippen molar-refractivity contribution in [1.82, 2.24) is 25.1 Å². The second kappa shape index (κ2) is 9.79. The predicted molar refractivity (Wildman–Crippen MR) is 140 cm³/mol. The summed E-state index contributed by atoms with van der Waals surface area (Å²) in [6.07, 6.45) is 11.4. The van der Waals surface area contributed by atoms with E-state index < -0.39 is 5.41 Å². The van der Waals surface area contributed by atoms with Crippen LogP contribution in [0.3, 0.4) is 0 Å². The zero-order valence-corrected chi connectivity index (χ0v) is 21.1. The number of H-pyrrole nitrogens is 1. The molecule has 8 heteroatoms. The first kappa shape index (κ1) is 23.4. The number of ether oxygens (including phenoxy) is 1. The van der Waals surface area contributed by atoms with Gasteiger partial charge in [-0.2, -0.15) is 10.4 Å². The molecule has 1 atom stereocenters. The van der Waals surface area contributed by atoms with Gasteiger partial charge >= 0.3 is 0 Å². The number of anilines is 1. The Bertz CT molecular complexity index is 1240. The molecule has 0 amide bonds. The van der Waals surface area contributed by atoms with Gasteiger partial charge in [0.15, 0.2) is 0 Å². The van der Waals surface area contributed by atoms with Gasteiger partial charge in [0, 0.05) is 30.4 Å². The van der Waals surface area contributed by atoms with Crippen molar-refractivity contribution < 1.29 is 4.74 Å². The molecule has 5 heterocycles. The van der Waals surface area contributed by atoms with Crippen molar-refractivity contribution in [2.45, 2.75) is 69.4 Å². The number of aromatic amines is 1. The van der Waals surface area contributed by atoms with E-state index in [0.29, 0.717) is 19.3 Å². The minimum absolute atomic E-state index is 0.219. The second-order valence-electron chi connectivity index (χ2n) is 10.7. The number of pyridine rings is 2. The maximum absolute atomic E-state index is 10.7. The van der Waals surface area contributed by atoms with Crippen LogP contribution in [0.25, 0.3) is 22.3 Å². The molecule has 3 aliphatic rings.